The number of halogens is 1. The average Bonchev–Trinajstić information content (AvgIpc) is 2.38. The molecule has 112 valence electrons. The molecule has 1 amide bonds. The zero-order valence-electron chi connectivity index (χ0n) is 12.1. The lowest BCUT2D eigenvalue weighted by molar-refractivity contribution is -0.120. The lowest BCUT2D eigenvalue weighted by Gasteiger charge is -2.33. The Bertz CT molecular complexity index is 406. The van der Waals surface area contributed by atoms with Gasteiger partial charge in [-0.3, -0.25) is 4.79 Å². The summed E-state index contributed by atoms with van der Waals surface area (Å²) in [5.74, 6) is 0.720. The van der Waals surface area contributed by atoms with Gasteiger partial charge in [-0.2, -0.15) is 0 Å². The van der Waals surface area contributed by atoms with Crippen LogP contribution in [0.1, 0.15) is 39.0 Å². The number of carbonyl (C=O) groups excluding carboxylic acids is 1. The predicted octanol–water partition coefficient (Wildman–Crippen LogP) is 3.37. The van der Waals surface area contributed by atoms with Crippen LogP contribution < -0.4 is 10.6 Å². The minimum Gasteiger partial charge on any atom is -0.320 e. The summed E-state index contributed by atoms with van der Waals surface area (Å²) in [6, 6.07) is 9.54. The normalized spacial score (nSPS) is 15.9. The maximum Gasteiger partial charge on any atom is 0.243 e. The lowest BCUT2D eigenvalue weighted by atomic mass is 9.85. The maximum atomic E-state index is 12.5. The highest BCUT2D eigenvalue weighted by molar-refractivity contribution is 5.97. The van der Waals surface area contributed by atoms with Crippen LogP contribution in [-0.4, -0.2) is 18.5 Å². The monoisotopic (exact) mass is 296 g/mol. The molecule has 1 aromatic carbocycles. The smallest absolute Gasteiger partial charge is 0.243 e. The van der Waals surface area contributed by atoms with Crippen molar-refractivity contribution in [3.05, 3.63) is 30.3 Å². The Morgan fingerprint density at radius 3 is 2.50 bits per heavy atom. The van der Waals surface area contributed by atoms with E-state index in [1.807, 2.05) is 35.2 Å². The summed E-state index contributed by atoms with van der Waals surface area (Å²) in [7, 11) is 0. The third-order valence-corrected chi connectivity index (χ3v) is 3.92. The highest BCUT2D eigenvalue weighted by Crippen LogP contribution is 2.29. The molecule has 3 nitrogen and oxygen atoms in total. The summed E-state index contributed by atoms with van der Waals surface area (Å²) in [5.41, 5.74) is 6.99. The van der Waals surface area contributed by atoms with Gasteiger partial charge in [-0.15, -0.1) is 12.4 Å². The van der Waals surface area contributed by atoms with Crippen LogP contribution in [0.15, 0.2) is 30.3 Å². The first-order valence-corrected chi connectivity index (χ1v) is 7.34. The van der Waals surface area contributed by atoms with Crippen molar-refractivity contribution >= 4 is 24.0 Å². The quantitative estimate of drug-likeness (QED) is 0.875. The summed E-state index contributed by atoms with van der Waals surface area (Å²) in [5, 5.41) is 0. The van der Waals surface area contributed by atoms with E-state index >= 15 is 0 Å². The Balaban J connectivity index is 0.00000200. The van der Waals surface area contributed by atoms with Crippen molar-refractivity contribution in [2.45, 2.75) is 45.1 Å². The van der Waals surface area contributed by atoms with Gasteiger partial charge in [-0.05, 0) is 37.3 Å². The van der Waals surface area contributed by atoms with Gasteiger partial charge in [0.2, 0.25) is 5.91 Å². The number of carbonyl (C=O) groups is 1. The summed E-state index contributed by atoms with van der Waals surface area (Å²) in [6.07, 6.45) is 5.47. The molecule has 1 unspecified atom stereocenters. The Labute approximate surface area is 127 Å². The molecule has 1 saturated carbocycles. The second-order valence-corrected chi connectivity index (χ2v) is 5.48. The molecule has 0 radical (unpaired) electrons. The number of benzene rings is 1. The van der Waals surface area contributed by atoms with E-state index < -0.39 is 0 Å². The number of nitrogens with two attached hydrogens (primary N) is 1. The number of para-hydroxylation sites is 1. The Morgan fingerprint density at radius 2 is 2.00 bits per heavy atom. The topological polar surface area (TPSA) is 46.3 Å². The van der Waals surface area contributed by atoms with Gasteiger partial charge < -0.3 is 10.6 Å². The highest BCUT2D eigenvalue weighted by atomic mass is 35.5. The van der Waals surface area contributed by atoms with Crippen molar-refractivity contribution < 1.29 is 4.79 Å². The van der Waals surface area contributed by atoms with Crippen molar-refractivity contribution in [1.82, 2.24) is 0 Å². The molecule has 20 heavy (non-hydrogen) atoms. The summed E-state index contributed by atoms with van der Waals surface area (Å²) in [6.45, 7) is 2.88. The molecule has 0 aromatic heterocycles. The van der Waals surface area contributed by atoms with Crippen LogP contribution in [0.5, 0.6) is 0 Å². The van der Waals surface area contributed by atoms with E-state index in [1.165, 1.54) is 19.3 Å². The minimum atomic E-state index is -0.370. The van der Waals surface area contributed by atoms with Gasteiger partial charge in [0.25, 0.3) is 0 Å². The van der Waals surface area contributed by atoms with E-state index in [0.29, 0.717) is 5.92 Å². The van der Waals surface area contributed by atoms with Crippen LogP contribution in [0.2, 0.25) is 0 Å². The fourth-order valence-corrected chi connectivity index (χ4v) is 2.50. The van der Waals surface area contributed by atoms with Gasteiger partial charge in [-0.1, -0.05) is 38.0 Å². The first-order valence-electron chi connectivity index (χ1n) is 7.34. The van der Waals surface area contributed by atoms with Crippen molar-refractivity contribution in [3.63, 3.8) is 0 Å². The van der Waals surface area contributed by atoms with Crippen molar-refractivity contribution in [3.8, 4) is 0 Å². The molecule has 1 aliphatic carbocycles. The molecule has 2 rings (SSSR count). The van der Waals surface area contributed by atoms with Crippen LogP contribution in [0, 0.1) is 5.92 Å². The van der Waals surface area contributed by atoms with E-state index in [9.17, 15) is 4.79 Å². The van der Waals surface area contributed by atoms with Gasteiger partial charge in [0.15, 0.2) is 0 Å². The average molecular weight is 297 g/mol. The summed E-state index contributed by atoms with van der Waals surface area (Å²) >= 11 is 0. The number of anilines is 1. The summed E-state index contributed by atoms with van der Waals surface area (Å²) in [4.78, 5) is 14.4. The summed E-state index contributed by atoms with van der Waals surface area (Å²) < 4.78 is 0. The van der Waals surface area contributed by atoms with Crippen molar-refractivity contribution in [1.29, 1.82) is 0 Å². The third kappa shape index (κ3) is 4.22. The Hall–Kier alpha value is -1.06. The molecule has 0 spiro atoms. The van der Waals surface area contributed by atoms with Crippen LogP contribution in [0.3, 0.4) is 0 Å². The van der Waals surface area contributed by atoms with Gasteiger partial charge in [0.1, 0.15) is 0 Å². The molecule has 0 heterocycles. The SMILES string of the molecule is CCCC(N)C(=O)N(CC1CCC1)c1ccccc1.Cl. The van der Waals surface area contributed by atoms with E-state index in [-0.39, 0.29) is 24.4 Å². The largest absolute Gasteiger partial charge is 0.320 e. The minimum absolute atomic E-state index is 0. The van der Waals surface area contributed by atoms with Crippen LogP contribution in [-0.2, 0) is 4.79 Å². The predicted molar refractivity (Wildman–Crippen MR) is 86.3 cm³/mol. The van der Waals surface area contributed by atoms with Gasteiger partial charge in [0, 0.05) is 12.2 Å². The van der Waals surface area contributed by atoms with Gasteiger partial charge >= 0.3 is 0 Å². The van der Waals surface area contributed by atoms with Crippen molar-refractivity contribution in [2.75, 3.05) is 11.4 Å². The molecule has 2 N–H and O–H groups in total. The van der Waals surface area contributed by atoms with E-state index in [1.54, 1.807) is 0 Å². The van der Waals surface area contributed by atoms with E-state index in [0.717, 1.165) is 25.1 Å². The van der Waals surface area contributed by atoms with Crippen LogP contribution >= 0.6 is 12.4 Å². The number of hydrogen-bond acceptors (Lipinski definition) is 2. The molecule has 1 atom stereocenters. The highest BCUT2D eigenvalue weighted by Gasteiger charge is 2.27. The Morgan fingerprint density at radius 1 is 1.35 bits per heavy atom. The number of nitrogens with zero attached hydrogens (tertiary/aromatic N) is 1. The zero-order chi connectivity index (χ0) is 13.7. The third-order valence-electron chi connectivity index (χ3n) is 3.92. The number of hydrogen-bond donors (Lipinski definition) is 1. The molecule has 0 saturated heterocycles. The molecule has 1 aromatic rings. The van der Waals surface area contributed by atoms with Crippen LogP contribution in [0.25, 0.3) is 0 Å². The second kappa shape index (κ2) is 8.28. The first kappa shape index (κ1) is 17.0. The maximum absolute atomic E-state index is 12.5. The van der Waals surface area contributed by atoms with Crippen molar-refractivity contribution in [2.24, 2.45) is 11.7 Å². The molecule has 4 heteroatoms. The molecular weight excluding hydrogens is 272 g/mol. The molecule has 1 fully saturated rings. The molecule has 0 aliphatic heterocycles. The van der Waals surface area contributed by atoms with Gasteiger partial charge in [0.05, 0.1) is 6.04 Å². The standard InChI is InChI=1S/C16H24N2O.ClH/c1-2-7-15(17)16(19)18(12-13-8-6-9-13)14-10-4-3-5-11-14;/h3-5,10-11,13,15H,2,6-9,12,17H2,1H3;1H. The molecule has 1 aliphatic rings. The Kier molecular flexibility index (Phi) is 7.03. The number of amides is 1. The van der Waals surface area contributed by atoms with Gasteiger partial charge in [-0.25, -0.2) is 0 Å². The second-order valence-electron chi connectivity index (χ2n) is 5.48. The lowest BCUT2D eigenvalue weighted by Crippen LogP contribution is -2.46. The van der Waals surface area contributed by atoms with Crippen LogP contribution in [0.4, 0.5) is 5.69 Å². The first-order chi connectivity index (χ1) is 9.22. The van der Waals surface area contributed by atoms with E-state index in [4.69, 9.17) is 5.73 Å². The van der Waals surface area contributed by atoms with E-state index in [2.05, 4.69) is 6.92 Å². The zero-order valence-corrected chi connectivity index (χ0v) is 12.9. The molecule has 0 bridgehead atoms. The fourth-order valence-electron chi connectivity index (χ4n) is 2.50. The molecular formula is C16H25ClN2O. The fraction of sp³-hybridized carbons (Fsp3) is 0.562. The number of rotatable bonds is 6.